The second-order valence-electron chi connectivity index (χ2n) is 9.00. The van der Waals surface area contributed by atoms with Gasteiger partial charge in [-0.2, -0.15) is 0 Å². The monoisotopic (exact) mass is 479 g/mol. The number of hydrogen-bond acceptors (Lipinski definition) is 4. The normalized spacial score (nSPS) is 17.0. The van der Waals surface area contributed by atoms with E-state index in [0.29, 0.717) is 35.3 Å². The Morgan fingerprint density at radius 2 is 1.86 bits per heavy atom. The molecule has 3 aromatic rings. The molecule has 2 aliphatic rings. The van der Waals surface area contributed by atoms with E-state index in [0.717, 1.165) is 12.1 Å². The van der Waals surface area contributed by atoms with E-state index in [2.05, 4.69) is 25.4 Å². The van der Waals surface area contributed by atoms with E-state index in [-0.39, 0.29) is 36.7 Å². The van der Waals surface area contributed by atoms with Gasteiger partial charge in [-0.3, -0.25) is 14.6 Å². The van der Waals surface area contributed by atoms with Crippen LogP contribution in [0.25, 0.3) is 11.4 Å². The Bertz CT molecular complexity index is 1350. The van der Waals surface area contributed by atoms with Gasteiger partial charge in [0.2, 0.25) is 5.96 Å². The number of nitrogens with zero attached hydrogens (tertiary/aromatic N) is 5. The van der Waals surface area contributed by atoms with Crippen LogP contribution in [0, 0.1) is 23.4 Å². The predicted octanol–water partition coefficient (Wildman–Crippen LogP) is 4.86. The van der Waals surface area contributed by atoms with Crippen molar-refractivity contribution in [2.24, 2.45) is 10.9 Å². The van der Waals surface area contributed by atoms with Crippen LogP contribution < -0.4 is 4.90 Å². The fraction of sp³-hybridized carbons (Fsp3) is 0.269. The number of anilines is 1. The number of aliphatic imine (C=N–C) groups is 1. The van der Waals surface area contributed by atoms with Crippen molar-refractivity contribution in [3.63, 3.8) is 0 Å². The Morgan fingerprint density at radius 1 is 1.11 bits per heavy atom. The van der Waals surface area contributed by atoms with Crippen molar-refractivity contribution in [2.75, 3.05) is 18.0 Å². The quantitative estimate of drug-likeness (QED) is 0.475. The molecule has 0 saturated carbocycles. The highest BCUT2D eigenvalue weighted by Crippen LogP contribution is 2.37. The van der Waals surface area contributed by atoms with Gasteiger partial charge in [0.05, 0.1) is 19.1 Å². The third kappa shape index (κ3) is 3.90. The molecule has 0 N–H and O–H groups in total. The van der Waals surface area contributed by atoms with Gasteiger partial charge in [-0.25, -0.2) is 23.1 Å². The summed E-state index contributed by atoms with van der Waals surface area (Å²) in [6.07, 6.45) is 1.63. The molecule has 0 aliphatic carbocycles. The second-order valence-corrected chi connectivity index (χ2v) is 9.00. The predicted molar refractivity (Wildman–Crippen MR) is 128 cm³/mol. The van der Waals surface area contributed by atoms with Crippen molar-refractivity contribution in [3.8, 4) is 11.4 Å². The number of carbonyl (C=O) groups is 1. The molecule has 0 bridgehead atoms. The van der Waals surface area contributed by atoms with Gasteiger partial charge in [-0.05, 0) is 47.9 Å². The molecule has 0 fully saturated rings. The van der Waals surface area contributed by atoms with E-state index in [4.69, 9.17) is 4.99 Å². The Hall–Kier alpha value is -3.88. The fourth-order valence-electron chi connectivity index (χ4n) is 4.45. The lowest BCUT2D eigenvalue weighted by atomic mass is 10.1. The SMILES string of the molecule is C=CCN1C(=O)c2nc(-c3ccc(F)cc3)n(Cc3ccc(F)c(F)c3)c2N2C[C@@H](C(C)C)N=C12. The minimum Gasteiger partial charge on any atom is -0.305 e. The zero-order chi connectivity index (χ0) is 24.9. The highest BCUT2D eigenvalue weighted by Gasteiger charge is 2.44. The van der Waals surface area contributed by atoms with Crippen molar-refractivity contribution >= 4 is 17.7 Å². The summed E-state index contributed by atoms with van der Waals surface area (Å²) < 4.78 is 43.1. The van der Waals surface area contributed by atoms with Crippen LogP contribution in [0.5, 0.6) is 0 Å². The lowest BCUT2D eigenvalue weighted by molar-refractivity contribution is 0.0847. The minimum atomic E-state index is -0.962. The number of halogens is 3. The van der Waals surface area contributed by atoms with Crippen LogP contribution in [0.15, 0.2) is 60.1 Å². The Balaban J connectivity index is 1.71. The number of carbonyl (C=O) groups excluding carboxylic acids is 1. The van der Waals surface area contributed by atoms with E-state index in [1.54, 1.807) is 27.7 Å². The van der Waals surface area contributed by atoms with Gasteiger partial charge in [0.1, 0.15) is 17.5 Å². The summed E-state index contributed by atoms with van der Waals surface area (Å²) >= 11 is 0. The van der Waals surface area contributed by atoms with Gasteiger partial charge in [0.15, 0.2) is 17.3 Å². The van der Waals surface area contributed by atoms with Crippen molar-refractivity contribution < 1.29 is 18.0 Å². The van der Waals surface area contributed by atoms with E-state index in [1.165, 1.54) is 18.2 Å². The number of hydrogen-bond donors (Lipinski definition) is 0. The van der Waals surface area contributed by atoms with Gasteiger partial charge in [0.25, 0.3) is 5.91 Å². The zero-order valence-corrected chi connectivity index (χ0v) is 19.4. The first-order chi connectivity index (χ1) is 16.8. The first-order valence-electron chi connectivity index (χ1n) is 11.4. The van der Waals surface area contributed by atoms with E-state index in [9.17, 15) is 18.0 Å². The molecule has 1 atom stereocenters. The number of amides is 1. The van der Waals surface area contributed by atoms with Gasteiger partial charge >= 0.3 is 0 Å². The summed E-state index contributed by atoms with van der Waals surface area (Å²) in [6.45, 7) is 8.82. The molecule has 35 heavy (non-hydrogen) atoms. The molecule has 0 radical (unpaired) electrons. The Kier molecular flexibility index (Phi) is 5.70. The number of imidazole rings is 1. The zero-order valence-electron chi connectivity index (χ0n) is 19.4. The van der Waals surface area contributed by atoms with Crippen molar-refractivity contribution in [2.45, 2.75) is 26.4 Å². The van der Waals surface area contributed by atoms with Gasteiger partial charge in [0, 0.05) is 12.1 Å². The molecule has 1 amide bonds. The molecule has 0 spiro atoms. The summed E-state index contributed by atoms with van der Waals surface area (Å²) in [7, 11) is 0. The molecule has 6 nitrogen and oxygen atoms in total. The first-order valence-corrected chi connectivity index (χ1v) is 11.4. The second kappa shape index (κ2) is 8.72. The van der Waals surface area contributed by atoms with E-state index >= 15 is 0 Å². The van der Waals surface area contributed by atoms with Crippen LogP contribution in [-0.2, 0) is 6.54 Å². The van der Waals surface area contributed by atoms with Crippen LogP contribution in [0.2, 0.25) is 0 Å². The summed E-state index contributed by atoms with van der Waals surface area (Å²) in [5.74, 6) is -0.942. The molecular weight excluding hydrogens is 455 g/mol. The lowest BCUT2D eigenvalue weighted by Crippen LogP contribution is -2.51. The van der Waals surface area contributed by atoms with Gasteiger partial charge in [-0.1, -0.05) is 26.0 Å². The molecule has 2 aliphatic heterocycles. The standard InChI is InChI=1S/C26H24F3N5O/c1-4-11-32-25(35)22-24(34-14-21(15(2)3)30-26(32)34)33(13-16-5-10-19(28)20(29)12-16)23(31-22)17-6-8-18(27)9-7-17/h4-10,12,15,21H,1,11,13-14H2,2-3H3/t21-/m0/s1. The summed E-state index contributed by atoms with van der Waals surface area (Å²) in [6, 6.07) is 9.42. The van der Waals surface area contributed by atoms with Crippen LogP contribution in [0.4, 0.5) is 19.0 Å². The maximum absolute atomic E-state index is 14.0. The third-order valence-electron chi connectivity index (χ3n) is 6.29. The van der Waals surface area contributed by atoms with Gasteiger partial charge in [-0.15, -0.1) is 6.58 Å². The first kappa shape index (κ1) is 22.9. The maximum Gasteiger partial charge on any atom is 0.283 e. The number of aromatic nitrogens is 2. The average molecular weight is 480 g/mol. The minimum absolute atomic E-state index is 0.0445. The lowest BCUT2D eigenvalue weighted by Gasteiger charge is -2.34. The fourth-order valence-corrected chi connectivity index (χ4v) is 4.45. The molecule has 9 heteroatoms. The largest absolute Gasteiger partial charge is 0.305 e. The van der Waals surface area contributed by atoms with Gasteiger partial charge < -0.3 is 4.57 Å². The van der Waals surface area contributed by atoms with E-state index in [1.807, 2.05) is 4.90 Å². The molecular formula is C26H24F3N5O. The Labute approximate surface area is 201 Å². The van der Waals surface area contributed by atoms with Crippen molar-refractivity contribution in [3.05, 3.63) is 83.8 Å². The summed E-state index contributed by atoms with van der Waals surface area (Å²) in [4.78, 5) is 26.6. The molecule has 0 unspecified atom stereocenters. The van der Waals surface area contributed by atoms with E-state index < -0.39 is 17.5 Å². The van der Waals surface area contributed by atoms with Crippen molar-refractivity contribution in [1.82, 2.24) is 14.5 Å². The number of guanidine groups is 1. The maximum atomic E-state index is 14.0. The van der Waals surface area contributed by atoms with Crippen LogP contribution in [0.1, 0.15) is 29.9 Å². The number of benzene rings is 2. The topological polar surface area (TPSA) is 53.7 Å². The molecule has 3 heterocycles. The molecule has 180 valence electrons. The number of fused-ring (bicyclic) bond motifs is 3. The molecule has 1 aromatic heterocycles. The smallest absolute Gasteiger partial charge is 0.283 e. The molecule has 2 aromatic carbocycles. The summed E-state index contributed by atoms with van der Waals surface area (Å²) in [5, 5.41) is 0. The highest BCUT2D eigenvalue weighted by atomic mass is 19.2. The average Bonchev–Trinajstić information content (AvgIpc) is 3.42. The summed E-state index contributed by atoms with van der Waals surface area (Å²) in [5.41, 5.74) is 1.30. The van der Waals surface area contributed by atoms with Crippen LogP contribution in [0.3, 0.4) is 0 Å². The molecule has 5 rings (SSSR count). The number of rotatable bonds is 6. The van der Waals surface area contributed by atoms with Crippen molar-refractivity contribution in [1.29, 1.82) is 0 Å². The van der Waals surface area contributed by atoms with Crippen LogP contribution >= 0.6 is 0 Å². The van der Waals surface area contributed by atoms with Crippen LogP contribution in [-0.4, -0.2) is 45.4 Å². The molecule has 0 saturated heterocycles. The Morgan fingerprint density at radius 3 is 2.51 bits per heavy atom. The highest BCUT2D eigenvalue weighted by molar-refractivity contribution is 6.18. The third-order valence-corrected chi connectivity index (χ3v) is 6.29.